The molecule has 0 fully saturated rings. The predicted molar refractivity (Wildman–Crippen MR) is 113 cm³/mol. The van der Waals surface area contributed by atoms with Gasteiger partial charge < -0.3 is 5.11 Å². The van der Waals surface area contributed by atoms with E-state index in [2.05, 4.69) is 58.0 Å². The number of phenols is 1. The van der Waals surface area contributed by atoms with Gasteiger partial charge in [-0.15, -0.1) is 0 Å². The molecule has 134 valence electrons. The molecule has 27 heavy (non-hydrogen) atoms. The Morgan fingerprint density at radius 3 is 2.26 bits per heavy atom. The molecule has 1 N–H and O–H groups in total. The molecule has 4 aromatic carbocycles. The second kappa shape index (κ2) is 6.24. The maximum absolute atomic E-state index is 11.3. The van der Waals surface area contributed by atoms with Crippen LogP contribution in [0.4, 0.5) is 0 Å². The normalized spacial score (nSPS) is 11.3. The van der Waals surface area contributed by atoms with Crippen LogP contribution in [-0.4, -0.2) is 11.4 Å². The molecule has 0 unspecified atom stereocenters. The molecule has 2 heteroatoms. The van der Waals surface area contributed by atoms with E-state index < -0.39 is 0 Å². The van der Waals surface area contributed by atoms with Crippen LogP contribution in [0.25, 0.3) is 32.7 Å². The smallest absolute Gasteiger partial charge is 0.153 e. The molecule has 0 heterocycles. The lowest BCUT2D eigenvalue weighted by Crippen LogP contribution is -1.96. The van der Waals surface area contributed by atoms with Crippen molar-refractivity contribution in [1.82, 2.24) is 0 Å². The number of rotatable bonds is 2. The first-order chi connectivity index (χ1) is 12.9. The van der Waals surface area contributed by atoms with Gasteiger partial charge in [-0.1, -0.05) is 30.3 Å². The van der Waals surface area contributed by atoms with Gasteiger partial charge in [0.2, 0.25) is 0 Å². The van der Waals surface area contributed by atoms with E-state index >= 15 is 0 Å². The maximum Gasteiger partial charge on any atom is 0.153 e. The van der Waals surface area contributed by atoms with E-state index in [4.69, 9.17) is 0 Å². The van der Waals surface area contributed by atoms with Crippen LogP contribution in [0.2, 0.25) is 0 Å². The number of hydrogen-bond acceptors (Lipinski definition) is 2. The van der Waals surface area contributed by atoms with E-state index in [1.165, 1.54) is 32.8 Å². The molecule has 0 saturated carbocycles. The molecule has 0 saturated heterocycles. The van der Waals surface area contributed by atoms with Crippen LogP contribution in [0, 0.1) is 27.7 Å². The second-order valence-electron chi connectivity index (χ2n) is 7.31. The molecule has 0 aliphatic rings. The molecule has 0 aliphatic carbocycles. The number of hydrogen-bond donors (Lipinski definition) is 1. The fraction of sp³-hybridized carbons (Fsp3) is 0.160. The number of carbonyl (C=O) groups is 1. The summed E-state index contributed by atoms with van der Waals surface area (Å²) < 4.78 is 0. The van der Waals surface area contributed by atoms with Crippen molar-refractivity contribution in [3.63, 3.8) is 0 Å². The Kier molecular flexibility index (Phi) is 4.00. The first kappa shape index (κ1) is 17.3. The minimum absolute atomic E-state index is 0.0458. The third-order valence-corrected chi connectivity index (χ3v) is 5.87. The highest BCUT2D eigenvalue weighted by Gasteiger charge is 2.18. The summed E-state index contributed by atoms with van der Waals surface area (Å²) in [7, 11) is 0. The largest absolute Gasteiger partial charge is 0.507 e. The topological polar surface area (TPSA) is 37.3 Å². The molecule has 0 atom stereocenters. The van der Waals surface area contributed by atoms with Crippen molar-refractivity contribution < 1.29 is 9.90 Å². The summed E-state index contributed by atoms with van der Waals surface area (Å²) >= 11 is 0. The van der Waals surface area contributed by atoms with E-state index in [0.29, 0.717) is 17.4 Å². The Hall–Kier alpha value is -3.13. The van der Waals surface area contributed by atoms with Crippen LogP contribution >= 0.6 is 0 Å². The Morgan fingerprint density at radius 1 is 0.778 bits per heavy atom. The highest BCUT2D eigenvalue weighted by molar-refractivity contribution is 6.09. The van der Waals surface area contributed by atoms with E-state index in [9.17, 15) is 9.90 Å². The Labute approximate surface area is 159 Å². The first-order valence-electron chi connectivity index (χ1n) is 9.14. The molecule has 0 aliphatic heterocycles. The number of para-hydroxylation sites is 1. The number of aldehydes is 1. The Morgan fingerprint density at radius 2 is 1.52 bits per heavy atom. The zero-order valence-corrected chi connectivity index (χ0v) is 16.1. The highest BCUT2D eigenvalue weighted by atomic mass is 16.3. The number of aryl methyl sites for hydroxylation is 2. The van der Waals surface area contributed by atoms with E-state index in [0.717, 1.165) is 16.5 Å². The van der Waals surface area contributed by atoms with Crippen molar-refractivity contribution in [3.05, 3.63) is 76.3 Å². The van der Waals surface area contributed by atoms with Gasteiger partial charge in [0.15, 0.2) is 6.29 Å². The average Bonchev–Trinajstić information content (AvgIpc) is 2.67. The van der Waals surface area contributed by atoms with Gasteiger partial charge in [0.05, 0.1) is 5.56 Å². The first-order valence-corrected chi connectivity index (χ1v) is 9.14. The molecule has 0 radical (unpaired) electrons. The van der Waals surface area contributed by atoms with Crippen LogP contribution in [0.3, 0.4) is 0 Å². The van der Waals surface area contributed by atoms with E-state index in [1.807, 2.05) is 12.1 Å². The fourth-order valence-electron chi connectivity index (χ4n) is 4.08. The average molecular weight is 354 g/mol. The predicted octanol–water partition coefficient (Wildman–Crippen LogP) is 6.41. The highest BCUT2D eigenvalue weighted by Crippen LogP contribution is 2.42. The lowest BCUT2D eigenvalue weighted by atomic mass is 9.85. The van der Waals surface area contributed by atoms with Crippen molar-refractivity contribution in [2.24, 2.45) is 0 Å². The summed E-state index contributed by atoms with van der Waals surface area (Å²) in [5.41, 5.74) is 6.86. The number of fused-ring (bicyclic) bond motifs is 2. The van der Waals surface area contributed by atoms with Gasteiger partial charge >= 0.3 is 0 Å². The summed E-state index contributed by atoms with van der Waals surface area (Å²) in [6, 6.07) is 16.1. The van der Waals surface area contributed by atoms with Gasteiger partial charge in [0.1, 0.15) is 5.75 Å². The third-order valence-electron chi connectivity index (χ3n) is 5.87. The van der Waals surface area contributed by atoms with Crippen LogP contribution in [0.5, 0.6) is 5.75 Å². The minimum atomic E-state index is 0.0458. The molecule has 4 aromatic rings. The van der Waals surface area contributed by atoms with Crippen molar-refractivity contribution in [2.75, 3.05) is 0 Å². The molecule has 0 aromatic heterocycles. The van der Waals surface area contributed by atoms with Crippen LogP contribution < -0.4 is 0 Å². The SMILES string of the molecule is Cc1c(C)c(-c2cccc(C=O)c2O)c2cc3cccc(C)c3cc2c1C. The van der Waals surface area contributed by atoms with Crippen molar-refractivity contribution in [2.45, 2.75) is 27.7 Å². The third kappa shape index (κ3) is 2.52. The molecule has 4 rings (SSSR count). The monoisotopic (exact) mass is 354 g/mol. The summed E-state index contributed by atoms with van der Waals surface area (Å²) in [6.45, 7) is 8.49. The van der Waals surface area contributed by atoms with Gasteiger partial charge in [0, 0.05) is 5.56 Å². The zero-order valence-electron chi connectivity index (χ0n) is 16.1. The van der Waals surface area contributed by atoms with E-state index in [1.54, 1.807) is 6.07 Å². The molecule has 0 spiro atoms. The minimum Gasteiger partial charge on any atom is -0.507 e. The van der Waals surface area contributed by atoms with Crippen LogP contribution in [0.1, 0.15) is 32.6 Å². The molecule has 0 bridgehead atoms. The summed E-state index contributed by atoms with van der Waals surface area (Å²) in [5, 5.41) is 15.4. The standard InChI is InChI=1S/C25H22O2/c1-14-7-5-8-18-11-23-22(12-21(14)18)16(3)15(2)17(4)24(23)20-10-6-9-19(13-26)25(20)27/h5-13,27H,1-4H3. The van der Waals surface area contributed by atoms with Gasteiger partial charge in [-0.2, -0.15) is 0 Å². The number of carbonyl (C=O) groups excluding carboxylic acids is 1. The number of phenolic OH excluding ortho intramolecular Hbond substituents is 1. The Balaban J connectivity index is 2.23. The summed E-state index contributed by atoms with van der Waals surface area (Å²) in [6.07, 6.45) is 0.705. The number of benzene rings is 4. The van der Waals surface area contributed by atoms with E-state index in [-0.39, 0.29) is 5.75 Å². The second-order valence-corrected chi connectivity index (χ2v) is 7.31. The maximum atomic E-state index is 11.3. The molecule has 0 amide bonds. The van der Waals surface area contributed by atoms with Crippen LogP contribution in [0.15, 0.2) is 48.5 Å². The van der Waals surface area contributed by atoms with Crippen molar-refractivity contribution in [1.29, 1.82) is 0 Å². The van der Waals surface area contributed by atoms with Crippen molar-refractivity contribution >= 4 is 27.8 Å². The Bertz CT molecular complexity index is 1230. The van der Waals surface area contributed by atoms with Gasteiger partial charge in [0.25, 0.3) is 0 Å². The molecule has 2 nitrogen and oxygen atoms in total. The van der Waals surface area contributed by atoms with Crippen molar-refractivity contribution in [3.8, 4) is 16.9 Å². The lowest BCUT2D eigenvalue weighted by molar-refractivity contribution is 0.112. The zero-order chi connectivity index (χ0) is 19.3. The fourth-order valence-corrected chi connectivity index (χ4v) is 4.08. The van der Waals surface area contributed by atoms with Gasteiger partial charge in [-0.05, 0) is 95.3 Å². The summed E-state index contributed by atoms with van der Waals surface area (Å²) in [4.78, 5) is 11.3. The lowest BCUT2D eigenvalue weighted by Gasteiger charge is -2.19. The van der Waals surface area contributed by atoms with Gasteiger partial charge in [-0.25, -0.2) is 0 Å². The molecular formula is C25H22O2. The number of aromatic hydroxyl groups is 1. The molecular weight excluding hydrogens is 332 g/mol. The van der Waals surface area contributed by atoms with Crippen LogP contribution in [-0.2, 0) is 0 Å². The quantitative estimate of drug-likeness (QED) is 0.333. The van der Waals surface area contributed by atoms with Gasteiger partial charge in [-0.3, -0.25) is 4.79 Å². The summed E-state index contributed by atoms with van der Waals surface area (Å²) in [5.74, 6) is 0.0458.